The number of nitriles is 1. The van der Waals surface area contributed by atoms with Crippen molar-refractivity contribution in [1.82, 2.24) is 4.98 Å². The molecule has 1 saturated carbocycles. The molecule has 1 aromatic heterocycles. The van der Waals surface area contributed by atoms with Crippen LogP contribution < -0.4 is 0 Å². The van der Waals surface area contributed by atoms with Gasteiger partial charge in [0.2, 0.25) is 0 Å². The Balaban J connectivity index is 1.84. The largest absolute Gasteiger partial charge is 0.392 e. The Bertz CT molecular complexity index is 983. The summed E-state index contributed by atoms with van der Waals surface area (Å²) in [5.41, 5.74) is 4.37. The number of benzene rings is 2. The molecule has 140 valence electrons. The lowest BCUT2D eigenvalue weighted by Crippen LogP contribution is -2.27. The standard InChI is InChI=1S/C24H22N2OS/c25-16-20-19(17-9-3-1-4-10-17)15-21(18-11-5-2-6-12-18)26-24(20)28-23-14-8-7-13-22(23)27/h1-6,9-12,15,22-23,27H,7-8,13-14H2/t22-,23-/m1/s1. The molecule has 1 fully saturated rings. The summed E-state index contributed by atoms with van der Waals surface area (Å²) < 4.78 is 0. The third-order valence-electron chi connectivity index (χ3n) is 5.18. The summed E-state index contributed by atoms with van der Waals surface area (Å²) in [5.74, 6) is 0. The molecule has 2 aromatic carbocycles. The fourth-order valence-corrected chi connectivity index (χ4v) is 4.96. The molecule has 3 nitrogen and oxygen atoms in total. The van der Waals surface area contributed by atoms with Crippen LogP contribution >= 0.6 is 11.8 Å². The van der Waals surface area contributed by atoms with Crippen molar-refractivity contribution in [1.29, 1.82) is 5.26 Å². The van der Waals surface area contributed by atoms with Crippen molar-refractivity contribution in [2.24, 2.45) is 0 Å². The Hall–Kier alpha value is -2.61. The van der Waals surface area contributed by atoms with Crippen LogP contribution in [0.1, 0.15) is 31.2 Å². The highest BCUT2D eigenvalue weighted by Crippen LogP contribution is 2.39. The quantitative estimate of drug-likeness (QED) is 0.626. The molecule has 28 heavy (non-hydrogen) atoms. The minimum atomic E-state index is -0.340. The highest BCUT2D eigenvalue weighted by molar-refractivity contribution is 8.00. The molecule has 4 heteroatoms. The van der Waals surface area contributed by atoms with Gasteiger partial charge in [0.1, 0.15) is 11.1 Å². The number of hydrogen-bond donors (Lipinski definition) is 1. The Labute approximate surface area is 170 Å². The van der Waals surface area contributed by atoms with Gasteiger partial charge in [-0.05, 0) is 24.5 Å². The van der Waals surface area contributed by atoms with Crippen LogP contribution in [-0.2, 0) is 0 Å². The van der Waals surface area contributed by atoms with Gasteiger partial charge in [-0.3, -0.25) is 0 Å². The summed E-state index contributed by atoms with van der Waals surface area (Å²) in [4.78, 5) is 4.86. The molecule has 0 spiro atoms. The van der Waals surface area contributed by atoms with E-state index in [9.17, 15) is 10.4 Å². The lowest BCUT2D eigenvalue weighted by Gasteiger charge is -2.27. The average molecular weight is 387 g/mol. The van der Waals surface area contributed by atoms with Gasteiger partial charge in [0.25, 0.3) is 0 Å². The highest BCUT2D eigenvalue weighted by atomic mass is 32.2. The molecule has 1 heterocycles. The van der Waals surface area contributed by atoms with E-state index in [0.29, 0.717) is 10.6 Å². The molecule has 0 aliphatic heterocycles. The maximum atomic E-state index is 10.4. The first-order valence-corrected chi connectivity index (χ1v) is 10.5. The molecule has 2 atom stereocenters. The van der Waals surface area contributed by atoms with Crippen LogP contribution in [-0.4, -0.2) is 21.4 Å². The van der Waals surface area contributed by atoms with Gasteiger partial charge in [-0.25, -0.2) is 4.98 Å². The van der Waals surface area contributed by atoms with Crippen molar-refractivity contribution < 1.29 is 5.11 Å². The molecule has 1 aliphatic carbocycles. The summed E-state index contributed by atoms with van der Waals surface area (Å²) in [6.45, 7) is 0. The zero-order chi connectivity index (χ0) is 19.3. The fraction of sp³-hybridized carbons (Fsp3) is 0.250. The SMILES string of the molecule is N#Cc1c(-c2ccccc2)cc(-c2ccccc2)nc1S[C@@H]1CCCC[C@H]1O. The van der Waals surface area contributed by atoms with Crippen LogP contribution in [0.25, 0.3) is 22.4 Å². The van der Waals surface area contributed by atoms with E-state index in [1.54, 1.807) is 11.8 Å². The maximum absolute atomic E-state index is 10.4. The molecule has 0 bridgehead atoms. The normalized spacial score (nSPS) is 19.1. The highest BCUT2D eigenvalue weighted by Gasteiger charge is 2.26. The van der Waals surface area contributed by atoms with Crippen LogP contribution in [0.4, 0.5) is 0 Å². The first kappa shape index (κ1) is 18.7. The predicted molar refractivity (Wildman–Crippen MR) is 114 cm³/mol. The summed E-state index contributed by atoms with van der Waals surface area (Å²) in [7, 11) is 0. The van der Waals surface area contributed by atoms with E-state index in [0.717, 1.165) is 48.1 Å². The van der Waals surface area contributed by atoms with Crippen LogP contribution in [0.2, 0.25) is 0 Å². The summed E-state index contributed by atoms with van der Waals surface area (Å²) in [6, 6.07) is 24.4. The van der Waals surface area contributed by atoms with Gasteiger partial charge in [0.05, 0.1) is 17.4 Å². The third-order valence-corrected chi connectivity index (χ3v) is 6.55. The number of nitrogens with zero attached hydrogens (tertiary/aromatic N) is 2. The summed E-state index contributed by atoms with van der Waals surface area (Å²) in [6.07, 6.45) is 3.61. The number of thioether (sulfide) groups is 1. The Morgan fingerprint density at radius 1 is 0.929 bits per heavy atom. The van der Waals surface area contributed by atoms with Crippen molar-refractivity contribution in [3.8, 4) is 28.5 Å². The Morgan fingerprint density at radius 3 is 2.21 bits per heavy atom. The van der Waals surface area contributed by atoms with Crippen LogP contribution in [0.5, 0.6) is 0 Å². The number of aliphatic hydroxyl groups excluding tert-OH is 1. The molecule has 1 N–H and O–H groups in total. The summed E-state index contributed by atoms with van der Waals surface area (Å²) in [5, 5.41) is 21.2. The molecule has 1 aliphatic rings. The number of rotatable bonds is 4. The molecular formula is C24H22N2OS. The van der Waals surface area contributed by atoms with Gasteiger partial charge < -0.3 is 5.11 Å². The Kier molecular flexibility index (Phi) is 5.76. The maximum Gasteiger partial charge on any atom is 0.116 e. The number of hydrogen-bond acceptors (Lipinski definition) is 4. The van der Waals surface area contributed by atoms with E-state index in [1.165, 1.54) is 0 Å². The van der Waals surface area contributed by atoms with E-state index < -0.39 is 0 Å². The second kappa shape index (κ2) is 8.60. The first-order valence-electron chi connectivity index (χ1n) is 9.67. The van der Waals surface area contributed by atoms with Crippen LogP contribution in [0.15, 0.2) is 71.8 Å². The van der Waals surface area contributed by atoms with Crippen LogP contribution in [0.3, 0.4) is 0 Å². The molecule has 0 unspecified atom stereocenters. The average Bonchev–Trinajstić information content (AvgIpc) is 2.76. The third kappa shape index (κ3) is 3.96. The van der Waals surface area contributed by atoms with Gasteiger partial charge in [-0.1, -0.05) is 85.3 Å². The van der Waals surface area contributed by atoms with Crippen molar-refractivity contribution >= 4 is 11.8 Å². The van der Waals surface area contributed by atoms with Gasteiger partial charge in [0.15, 0.2) is 0 Å². The zero-order valence-electron chi connectivity index (χ0n) is 15.6. The molecule has 3 aromatic rings. The number of pyridine rings is 1. The first-order chi connectivity index (χ1) is 13.8. The number of aromatic nitrogens is 1. The Morgan fingerprint density at radius 2 is 1.57 bits per heavy atom. The topological polar surface area (TPSA) is 56.9 Å². The molecule has 4 rings (SSSR count). The molecule has 0 amide bonds. The minimum absolute atomic E-state index is 0.0861. The second-order valence-electron chi connectivity index (χ2n) is 7.09. The minimum Gasteiger partial charge on any atom is -0.392 e. The second-order valence-corrected chi connectivity index (χ2v) is 8.32. The predicted octanol–water partition coefficient (Wildman–Crippen LogP) is 5.68. The van der Waals surface area contributed by atoms with Crippen LogP contribution in [0, 0.1) is 11.3 Å². The molecular weight excluding hydrogens is 364 g/mol. The van der Waals surface area contributed by atoms with E-state index >= 15 is 0 Å². The van der Waals surface area contributed by atoms with Gasteiger partial charge in [-0.15, -0.1) is 0 Å². The zero-order valence-corrected chi connectivity index (χ0v) is 16.4. The summed E-state index contributed by atoms with van der Waals surface area (Å²) >= 11 is 1.56. The van der Waals surface area contributed by atoms with E-state index in [-0.39, 0.29) is 11.4 Å². The smallest absolute Gasteiger partial charge is 0.116 e. The van der Waals surface area contributed by atoms with Crippen molar-refractivity contribution in [3.63, 3.8) is 0 Å². The van der Waals surface area contributed by atoms with E-state index in [2.05, 4.69) is 6.07 Å². The van der Waals surface area contributed by atoms with E-state index in [4.69, 9.17) is 4.98 Å². The van der Waals surface area contributed by atoms with Gasteiger partial charge in [-0.2, -0.15) is 5.26 Å². The van der Waals surface area contributed by atoms with Gasteiger partial charge in [0, 0.05) is 16.4 Å². The number of aliphatic hydroxyl groups is 1. The van der Waals surface area contributed by atoms with Gasteiger partial charge >= 0.3 is 0 Å². The van der Waals surface area contributed by atoms with Crippen molar-refractivity contribution in [2.45, 2.75) is 42.1 Å². The lowest BCUT2D eigenvalue weighted by atomic mass is 9.97. The lowest BCUT2D eigenvalue weighted by molar-refractivity contribution is 0.137. The van der Waals surface area contributed by atoms with Crippen molar-refractivity contribution in [2.75, 3.05) is 0 Å². The monoisotopic (exact) mass is 386 g/mol. The molecule has 0 radical (unpaired) electrons. The fourth-order valence-electron chi connectivity index (χ4n) is 3.68. The molecule has 0 saturated heterocycles. The van der Waals surface area contributed by atoms with Crippen molar-refractivity contribution in [3.05, 3.63) is 72.3 Å². The van der Waals surface area contributed by atoms with E-state index in [1.807, 2.05) is 66.7 Å².